The van der Waals surface area contributed by atoms with Crippen LogP contribution >= 0.6 is 35.0 Å². The fraction of sp³-hybridized carbons (Fsp3) is 0.348. The average molecular weight is 460 g/mol. The zero-order chi connectivity index (χ0) is 21.0. The first-order chi connectivity index (χ1) is 14.5. The molecule has 0 bridgehead atoms. The van der Waals surface area contributed by atoms with E-state index in [2.05, 4.69) is 5.32 Å². The molecule has 0 unspecified atom stereocenters. The van der Waals surface area contributed by atoms with Crippen LogP contribution in [0.15, 0.2) is 58.5 Å². The number of carbonyl (C=O) groups excluding carboxylic acids is 1. The molecule has 1 aliphatic heterocycles. The van der Waals surface area contributed by atoms with Gasteiger partial charge in [-0.1, -0.05) is 59.9 Å². The van der Waals surface area contributed by atoms with Gasteiger partial charge in [0.25, 0.3) is 0 Å². The molecule has 1 spiro atoms. The predicted molar refractivity (Wildman–Crippen MR) is 128 cm³/mol. The molecule has 1 amide bonds. The molecule has 7 heteroatoms. The Kier molecular flexibility index (Phi) is 6.81. The summed E-state index contributed by atoms with van der Waals surface area (Å²) >= 11 is 13.4. The molecule has 1 saturated carbocycles. The third-order valence-electron chi connectivity index (χ3n) is 5.32. The smallest absolute Gasteiger partial charge is 0.234 e. The van der Waals surface area contributed by atoms with Crippen molar-refractivity contribution in [3.63, 3.8) is 0 Å². The molecule has 0 saturated heterocycles. The second-order valence-corrected chi connectivity index (χ2v) is 9.46. The number of anilines is 1. The highest BCUT2D eigenvalue weighted by Gasteiger charge is 2.37. The summed E-state index contributed by atoms with van der Waals surface area (Å²) in [4.78, 5) is 22.6. The fourth-order valence-corrected chi connectivity index (χ4v) is 4.93. The van der Waals surface area contributed by atoms with E-state index in [4.69, 9.17) is 33.2 Å². The molecule has 0 radical (unpaired) electrons. The molecule has 2 aromatic carbocycles. The molecule has 2 aliphatic rings. The minimum Gasteiger partial charge on any atom is -0.325 e. The summed E-state index contributed by atoms with van der Waals surface area (Å²) in [6, 6.07) is 14.8. The van der Waals surface area contributed by atoms with Crippen molar-refractivity contribution < 1.29 is 4.79 Å². The number of thioether (sulfide) groups is 1. The van der Waals surface area contributed by atoms with Crippen LogP contribution in [-0.4, -0.2) is 28.1 Å². The number of amides is 1. The van der Waals surface area contributed by atoms with Crippen LogP contribution in [0.25, 0.3) is 0 Å². The van der Waals surface area contributed by atoms with Crippen LogP contribution in [0.3, 0.4) is 0 Å². The van der Waals surface area contributed by atoms with Crippen molar-refractivity contribution in [1.82, 2.24) is 0 Å². The zero-order valence-electron chi connectivity index (χ0n) is 16.5. The first-order valence-corrected chi connectivity index (χ1v) is 11.9. The highest BCUT2D eigenvalue weighted by molar-refractivity contribution is 8.16. The van der Waals surface area contributed by atoms with Crippen LogP contribution in [0.4, 0.5) is 5.69 Å². The first kappa shape index (κ1) is 21.4. The van der Waals surface area contributed by atoms with Gasteiger partial charge in [0.15, 0.2) is 5.66 Å². The van der Waals surface area contributed by atoms with Crippen molar-refractivity contribution in [3.05, 3.63) is 64.1 Å². The monoisotopic (exact) mass is 459 g/mol. The summed E-state index contributed by atoms with van der Waals surface area (Å²) in [6.07, 6.45) is 6.66. The minimum atomic E-state index is -0.375. The van der Waals surface area contributed by atoms with Gasteiger partial charge in [0.2, 0.25) is 5.91 Å². The molecule has 0 atom stereocenters. The summed E-state index contributed by atoms with van der Waals surface area (Å²) in [5.74, 6) is 0.187. The molecule has 4 nitrogen and oxygen atoms in total. The molecular weight excluding hydrogens is 437 g/mol. The van der Waals surface area contributed by atoms with E-state index in [-0.39, 0.29) is 17.3 Å². The lowest BCUT2D eigenvalue weighted by Crippen LogP contribution is -2.20. The van der Waals surface area contributed by atoms with Crippen molar-refractivity contribution in [2.24, 2.45) is 9.98 Å². The molecule has 1 aliphatic carbocycles. The number of aliphatic imine (C=N–C) groups is 2. The van der Waals surface area contributed by atoms with Gasteiger partial charge in [0.05, 0.1) is 11.5 Å². The Bertz CT molecular complexity index is 963. The molecule has 1 N–H and O–H groups in total. The maximum atomic E-state index is 12.5. The van der Waals surface area contributed by atoms with Crippen LogP contribution < -0.4 is 5.32 Å². The van der Waals surface area contributed by atoms with Gasteiger partial charge < -0.3 is 5.32 Å². The Morgan fingerprint density at radius 1 is 0.900 bits per heavy atom. The van der Waals surface area contributed by atoms with Gasteiger partial charge in [-0.05, 0) is 62.1 Å². The number of benzene rings is 2. The number of hydrogen-bond acceptors (Lipinski definition) is 4. The molecule has 2 aromatic rings. The topological polar surface area (TPSA) is 53.8 Å². The largest absolute Gasteiger partial charge is 0.325 e. The predicted octanol–water partition coefficient (Wildman–Crippen LogP) is 6.62. The summed E-state index contributed by atoms with van der Waals surface area (Å²) in [7, 11) is 0. The van der Waals surface area contributed by atoms with Gasteiger partial charge >= 0.3 is 0 Å². The number of nitrogens with one attached hydrogen (secondary N) is 1. The standard InChI is InChI=1S/C23H23Cl2N3OS/c24-17-7-5-16(6-8-17)21-22(28-23(27-21)13-3-1-2-4-14-23)30-15-20(29)26-19-11-9-18(25)10-12-19/h5-12H,1-4,13-15H2,(H,26,29). The molecule has 1 fully saturated rings. The van der Waals surface area contributed by atoms with Crippen LogP contribution in [-0.2, 0) is 4.79 Å². The van der Waals surface area contributed by atoms with E-state index in [1.54, 1.807) is 24.3 Å². The van der Waals surface area contributed by atoms with E-state index >= 15 is 0 Å². The zero-order valence-corrected chi connectivity index (χ0v) is 18.9. The Morgan fingerprint density at radius 2 is 1.50 bits per heavy atom. The van der Waals surface area contributed by atoms with Crippen molar-refractivity contribution in [1.29, 1.82) is 0 Å². The lowest BCUT2D eigenvalue weighted by Gasteiger charge is -2.20. The van der Waals surface area contributed by atoms with Gasteiger partial charge in [-0.25, -0.2) is 4.99 Å². The second kappa shape index (κ2) is 9.54. The van der Waals surface area contributed by atoms with E-state index in [9.17, 15) is 4.79 Å². The second-order valence-electron chi connectivity index (χ2n) is 7.62. The number of hydrogen-bond donors (Lipinski definition) is 1. The quantitative estimate of drug-likeness (QED) is 0.558. The third-order valence-corrected chi connectivity index (χ3v) is 6.79. The number of rotatable bonds is 4. The lowest BCUT2D eigenvalue weighted by molar-refractivity contribution is -0.113. The Hall–Kier alpha value is -1.82. The van der Waals surface area contributed by atoms with Gasteiger partial charge in [0, 0.05) is 21.3 Å². The average Bonchev–Trinajstić information content (AvgIpc) is 2.93. The number of nitrogens with zero attached hydrogens (tertiary/aromatic N) is 2. The SMILES string of the molecule is O=C(CSC1=NC2(CCCCCC2)N=C1c1ccc(Cl)cc1)Nc1ccc(Cl)cc1. The normalized spacial score (nSPS) is 17.9. The highest BCUT2D eigenvalue weighted by atomic mass is 35.5. The van der Waals surface area contributed by atoms with Gasteiger partial charge in [-0.2, -0.15) is 0 Å². The molecule has 156 valence electrons. The van der Waals surface area contributed by atoms with Crippen molar-refractivity contribution in [2.75, 3.05) is 11.1 Å². The molecule has 4 rings (SSSR count). The fourth-order valence-electron chi connectivity index (χ4n) is 3.80. The summed E-state index contributed by atoms with van der Waals surface area (Å²) in [5, 5.41) is 5.07. The van der Waals surface area contributed by atoms with E-state index in [0.717, 1.165) is 47.7 Å². The summed E-state index contributed by atoms with van der Waals surface area (Å²) < 4.78 is 0. The third kappa shape index (κ3) is 5.26. The molecule has 0 aromatic heterocycles. The maximum absolute atomic E-state index is 12.5. The maximum Gasteiger partial charge on any atom is 0.234 e. The van der Waals surface area contributed by atoms with Gasteiger partial charge in [-0.15, -0.1) is 0 Å². The molecule has 30 heavy (non-hydrogen) atoms. The molecular formula is C23H23Cl2N3OS. The number of halogens is 2. The van der Waals surface area contributed by atoms with Crippen LogP contribution in [0.1, 0.15) is 44.1 Å². The van der Waals surface area contributed by atoms with E-state index in [1.807, 2.05) is 24.3 Å². The molecule has 1 heterocycles. The van der Waals surface area contributed by atoms with E-state index < -0.39 is 0 Å². The van der Waals surface area contributed by atoms with Gasteiger partial charge in [-0.3, -0.25) is 9.79 Å². The van der Waals surface area contributed by atoms with Crippen molar-refractivity contribution in [3.8, 4) is 0 Å². The Labute approximate surface area is 191 Å². The van der Waals surface area contributed by atoms with E-state index in [0.29, 0.717) is 10.0 Å². The van der Waals surface area contributed by atoms with E-state index in [1.165, 1.54) is 24.6 Å². The van der Waals surface area contributed by atoms with Crippen LogP contribution in [0.2, 0.25) is 10.0 Å². The first-order valence-electron chi connectivity index (χ1n) is 10.2. The summed E-state index contributed by atoms with van der Waals surface area (Å²) in [5.41, 5.74) is 2.22. The summed E-state index contributed by atoms with van der Waals surface area (Å²) in [6.45, 7) is 0. The van der Waals surface area contributed by atoms with Crippen molar-refractivity contribution in [2.45, 2.75) is 44.2 Å². The minimum absolute atomic E-state index is 0.0812. The van der Waals surface area contributed by atoms with Crippen LogP contribution in [0.5, 0.6) is 0 Å². The van der Waals surface area contributed by atoms with Crippen LogP contribution in [0, 0.1) is 0 Å². The number of carbonyl (C=O) groups is 1. The lowest BCUT2D eigenvalue weighted by atomic mass is 10.0. The van der Waals surface area contributed by atoms with Gasteiger partial charge in [0.1, 0.15) is 5.04 Å². The Morgan fingerprint density at radius 3 is 2.13 bits per heavy atom. The van der Waals surface area contributed by atoms with Crippen molar-refractivity contribution >= 4 is 57.3 Å². The Balaban J connectivity index is 1.51. The highest BCUT2D eigenvalue weighted by Crippen LogP contribution is 2.38.